The number of hydrogen-bond acceptors (Lipinski definition) is 3. The number of benzene rings is 2. The highest BCUT2D eigenvalue weighted by Gasteiger charge is 2.13. The van der Waals surface area contributed by atoms with Crippen molar-refractivity contribution in [2.75, 3.05) is 6.61 Å². The third-order valence-corrected chi connectivity index (χ3v) is 4.06. The summed E-state index contributed by atoms with van der Waals surface area (Å²) in [6, 6.07) is 9.78. The summed E-state index contributed by atoms with van der Waals surface area (Å²) in [5.74, 6) is -0.868. The number of Topliss-reactive ketones (excluding diaryl/α,β-unsaturated/α-hetero) is 1. The van der Waals surface area contributed by atoms with Gasteiger partial charge in [-0.05, 0) is 55.3 Å². The van der Waals surface area contributed by atoms with Gasteiger partial charge in [0.15, 0.2) is 12.4 Å². The molecule has 22 heavy (non-hydrogen) atoms. The lowest BCUT2D eigenvalue weighted by Crippen LogP contribution is -2.14. The van der Waals surface area contributed by atoms with Gasteiger partial charge in [-0.3, -0.25) is 4.79 Å². The summed E-state index contributed by atoms with van der Waals surface area (Å²) in [6.45, 7) is 3.52. The van der Waals surface area contributed by atoms with Gasteiger partial charge in [0.1, 0.15) is 0 Å². The molecule has 0 amide bonds. The van der Waals surface area contributed by atoms with Crippen molar-refractivity contribution in [1.29, 1.82) is 0 Å². The van der Waals surface area contributed by atoms with E-state index in [4.69, 9.17) is 27.9 Å². The maximum absolute atomic E-state index is 12.0. The van der Waals surface area contributed by atoms with Gasteiger partial charge in [0.25, 0.3) is 0 Å². The Morgan fingerprint density at radius 2 is 1.59 bits per heavy atom. The van der Waals surface area contributed by atoms with E-state index < -0.39 is 5.97 Å². The van der Waals surface area contributed by atoms with Gasteiger partial charge in [0.05, 0.1) is 15.6 Å². The van der Waals surface area contributed by atoms with E-state index in [2.05, 4.69) is 0 Å². The molecule has 0 aliphatic rings. The zero-order valence-electron chi connectivity index (χ0n) is 12.2. The van der Waals surface area contributed by atoms with Crippen molar-refractivity contribution in [1.82, 2.24) is 0 Å². The lowest BCUT2D eigenvalue weighted by Gasteiger charge is -2.07. The maximum atomic E-state index is 12.0. The fraction of sp³-hybridized carbons (Fsp3) is 0.176. The molecule has 0 bridgehead atoms. The van der Waals surface area contributed by atoms with Crippen LogP contribution in [0.3, 0.4) is 0 Å². The van der Waals surface area contributed by atoms with Crippen molar-refractivity contribution < 1.29 is 14.3 Å². The van der Waals surface area contributed by atoms with Crippen molar-refractivity contribution in [2.24, 2.45) is 0 Å². The van der Waals surface area contributed by atoms with E-state index in [1.54, 1.807) is 18.2 Å². The van der Waals surface area contributed by atoms with Gasteiger partial charge in [0.2, 0.25) is 0 Å². The molecule has 0 heterocycles. The van der Waals surface area contributed by atoms with Gasteiger partial charge < -0.3 is 4.74 Å². The molecule has 2 rings (SSSR count). The molecule has 0 N–H and O–H groups in total. The minimum Gasteiger partial charge on any atom is -0.454 e. The Morgan fingerprint density at radius 3 is 2.23 bits per heavy atom. The van der Waals surface area contributed by atoms with Crippen molar-refractivity contribution >= 4 is 35.0 Å². The van der Waals surface area contributed by atoms with Gasteiger partial charge in [-0.2, -0.15) is 0 Å². The molecule has 5 heteroatoms. The van der Waals surface area contributed by atoms with E-state index in [-0.39, 0.29) is 17.4 Å². The largest absolute Gasteiger partial charge is 0.454 e. The molecule has 114 valence electrons. The Kier molecular flexibility index (Phi) is 5.22. The Morgan fingerprint density at radius 1 is 0.909 bits per heavy atom. The van der Waals surface area contributed by atoms with E-state index in [1.807, 2.05) is 19.9 Å². The summed E-state index contributed by atoms with van der Waals surface area (Å²) in [6.07, 6.45) is 0. The first-order chi connectivity index (χ1) is 10.4. The number of aryl methyl sites for hydroxylation is 2. The summed E-state index contributed by atoms with van der Waals surface area (Å²) < 4.78 is 5.04. The molecule has 3 nitrogen and oxygen atoms in total. The molecule has 0 spiro atoms. The average molecular weight is 337 g/mol. The number of ether oxygens (including phenoxy) is 1. The van der Waals surface area contributed by atoms with E-state index in [1.165, 1.54) is 12.1 Å². The highest BCUT2D eigenvalue weighted by atomic mass is 35.5. The SMILES string of the molecule is Cc1ccc(C(=O)OCC(=O)c2ccc(Cl)c(Cl)c2)cc1C. The fourth-order valence-electron chi connectivity index (χ4n) is 1.84. The van der Waals surface area contributed by atoms with Crippen molar-refractivity contribution in [3.63, 3.8) is 0 Å². The zero-order valence-corrected chi connectivity index (χ0v) is 13.7. The molecule has 0 aliphatic heterocycles. The van der Waals surface area contributed by atoms with Crippen molar-refractivity contribution in [3.8, 4) is 0 Å². The van der Waals surface area contributed by atoms with Crippen LogP contribution in [0, 0.1) is 13.8 Å². The summed E-state index contributed by atoms with van der Waals surface area (Å²) in [7, 11) is 0. The first kappa shape index (κ1) is 16.5. The van der Waals surface area contributed by atoms with Crippen LogP contribution >= 0.6 is 23.2 Å². The Hall–Kier alpha value is -1.84. The maximum Gasteiger partial charge on any atom is 0.338 e. The van der Waals surface area contributed by atoms with Crippen LogP contribution < -0.4 is 0 Å². The monoisotopic (exact) mass is 336 g/mol. The standard InChI is InChI=1S/C17H14Cl2O3/c1-10-3-4-13(7-11(10)2)17(21)22-9-16(20)12-5-6-14(18)15(19)8-12/h3-8H,9H2,1-2H3. The van der Waals surface area contributed by atoms with Gasteiger partial charge >= 0.3 is 5.97 Å². The van der Waals surface area contributed by atoms with Crippen LogP contribution in [0.1, 0.15) is 31.8 Å². The topological polar surface area (TPSA) is 43.4 Å². The van der Waals surface area contributed by atoms with Crippen LogP contribution in [0.4, 0.5) is 0 Å². The summed E-state index contributed by atoms with van der Waals surface area (Å²) in [5.41, 5.74) is 2.85. The second kappa shape index (κ2) is 6.95. The average Bonchev–Trinajstić information content (AvgIpc) is 2.50. The molecule has 0 unspecified atom stereocenters. The second-order valence-electron chi connectivity index (χ2n) is 4.93. The van der Waals surface area contributed by atoms with Crippen molar-refractivity contribution in [2.45, 2.75) is 13.8 Å². The van der Waals surface area contributed by atoms with Crippen LogP contribution in [-0.4, -0.2) is 18.4 Å². The lowest BCUT2D eigenvalue weighted by molar-refractivity contribution is 0.0474. The van der Waals surface area contributed by atoms with Gasteiger partial charge in [-0.15, -0.1) is 0 Å². The fourth-order valence-corrected chi connectivity index (χ4v) is 2.13. The number of carbonyl (C=O) groups excluding carboxylic acids is 2. The molecule has 0 saturated carbocycles. The minimum absolute atomic E-state index is 0.285. The first-order valence-electron chi connectivity index (χ1n) is 6.61. The van der Waals surface area contributed by atoms with E-state index in [0.717, 1.165) is 11.1 Å². The first-order valence-corrected chi connectivity index (χ1v) is 7.36. The summed E-state index contributed by atoms with van der Waals surface area (Å²) in [5, 5.41) is 0.651. The quantitative estimate of drug-likeness (QED) is 0.602. The Balaban J connectivity index is 2.02. The molecule has 0 aliphatic carbocycles. The number of hydrogen-bond donors (Lipinski definition) is 0. The molecule has 2 aromatic carbocycles. The molecule has 0 radical (unpaired) electrons. The molecule has 0 fully saturated rings. The number of ketones is 1. The normalized spacial score (nSPS) is 10.4. The number of halogens is 2. The van der Waals surface area contributed by atoms with Crippen LogP contribution in [0.25, 0.3) is 0 Å². The third kappa shape index (κ3) is 3.87. The lowest BCUT2D eigenvalue weighted by atomic mass is 10.1. The predicted octanol–water partition coefficient (Wildman–Crippen LogP) is 4.65. The Bertz CT molecular complexity index is 675. The summed E-state index contributed by atoms with van der Waals surface area (Å²) >= 11 is 11.6. The number of esters is 1. The van der Waals surface area contributed by atoms with E-state index in [9.17, 15) is 9.59 Å². The summed E-state index contributed by atoms with van der Waals surface area (Å²) in [4.78, 5) is 23.9. The van der Waals surface area contributed by atoms with Gasteiger partial charge in [0, 0.05) is 5.56 Å². The highest BCUT2D eigenvalue weighted by Crippen LogP contribution is 2.22. The van der Waals surface area contributed by atoms with E-state index in [0.29, 0.717) is 16.1 Å². The van der Waals surface area contributed by atoms with Gasteiger partial charge in [-0.25, -0.2) is 4.79 Å². The second-order valence-corrected chi connectivity index (χ2v) is 5.74. The molecule has 0 atom stereocenters. The third-order valence-electron chi connectivity index (χ3n) is 3.32. The van der Waals surface area contributed by atoms with Crippen molar-refractivity contribution in [3.05, 3.63) is 68.7 Å². The number of carbonyl (C=O) groups is 2. The predicted molar refractivity (Wildman–Crippen MR) is 87.0 cm³/mol. The zero-order chi connectivity index (χ0) is 16.3. The smallest absolute Gasteiger partial charge is 0.338 e. The molecular formula is C17H14Cl2O3. The van der Waals surface area contributed by atoms with Crippen LogP contribution in [0.2, 0.25) is 10.0 Å². The van der Waals surface area contributed by atoms with E-state index >= 15 is 0 Å². The van der Waals surface area contributed by atoms with Crippen LogP contribution in [-0.2, 0) is 4.74 Å². The minimum atomic E-state index is -0.531. The number of rotatable bonds is 4. The molecule has 0 saturated heterocycles. The van der Waals surface area contributed by atoms with Gasteiger partial charge in [-0.1, -0.05) is 29.3 Å². The molecule has 0 aromatic heterocycles. The highest BCUT2D eigenvalue weighted by molar-refractivity contribution is 6.42. The molecular weight excluding hydrogens is 323 g/mol. The Labute approximate surface area is 138 Å². The van der Waals surface area contributed by atoms with Crippen LogP contribution in [0.15, 0.2) is 36.4 Å². The van der Waals surface area contributed by atoms with Crippen LogP contribution in [0.5, 0.6) is 0 Å². The molecule has 2 aromatic rings.